The number of rotatable bonds is 15. The van der Waals surface area contributed by atoms with Crippen molar-refractivity contribution in [1.82, 2.24) is 15.3 Å². The number of carbonyl (C=O) groups excluding carboxylic acids is 3. The molecule has 14 unspecified atom stereocenters. The number of hydrogen-bond acceptors (Lipinski definition) is 17. The Labute approximate surface area is 354 Å². The smallest absolute Gasteiger partial charge is 0.338 e. The Morgan fingerprint density at radius 2 is 1.56 bits per heavy atom. The lowest BCUT2D eigenvalue weighted by Crippen LogP contribution is -2.65. The second-order valence-electron chi connectivity index (χ2n) is 16.4. The van der Waals surface area contributed by atoms with Crippen molar-refractivity contribution in [3.8, 4) is 0 Å². The molecule has 9 N–H and O–H groups in total. The zero-order chi connectivity index (χ0) is 44.8. The van der Waals surface area contributed by atoms with Crippen LogP contribution in [0, 0.1) is 11.8 Å². The molecule has 4 fully saturated rings. The van der Waals surface area contributed by atoms with E-state index in [0.717, 1.165) is 38.2 Å². The van der Waals surface area contributed by atoms with Gasteiger partial charge in [-0.15, -0.1) is 0 Å². The number of carboxylic acids is 1. The Kier molecular flexibility index (Phi) is 15.8. The van der Waals surface area contributed by atoms with Gasteiger partial charge in [-0.05, 0) is 51.2 Å². The van der Waals surface area contributed by atoms with Crippen LogP contribution in [0.2, 0.25) is 0 Å². The SMILES string of the molecule is CC(=O)C1CC(NC(=O)c2cc(=O)[nH]c(=O)[nH]2)C(OC2OC(C)C(O)C(O)C2O)C(OC2OC(CO)C(O)C(O[C@@H](CC3CCCCC3)C(=O)O)C2OC(=O)c2ccccc2)C1. The number of carboxylic acid groups (broad SMARTS) is 1. The number of carbonyl (C=O) groups is 4. The van der Waals surface area contributed by atoms with Gasteiger partial charge in [0.05, 0.1) is 30.4 Å². The number of aliphatic hydroxyl groups is 5. The topological polar surface area (TPSA) is 323 Å². The highest BCUT2D eigenvalue weighted by Crippen LogP contribution is 2.38. The summed E-state index contributed by atoms with van der Waals surface area (Å²) in [6.45, 7) is 1.83. The van der Waals surface area contributed by atoms with Crippen molar-refractivity contribution in [2.24, 2.45) is 11.8 Å². The fourth-order valence-corrected chi connectivity index (χ4v) is 8.62. The van der Waals surface area contributed by atoms with Crippen LogP contribution in [0.1, 0.15) is 86.1 Å². The number of nitrogens with one attached hydrogen (secondary N) is 3. The third-order valence-corrected chi connectivity index (χ3v) is 12.0. The highest BCUT2D eigenvalue weighted by Gasteiger charge is 2.54. The number of Topliss-reactive ketones (excluding diaryl/α,β-unsaturated/α-hetero) is 1. The minimum absolute atomic E-state index is 0.0181. The van der Waals surface area contributed by atoms with Crippen molar-refractivity contribution in [3.05, 3.63) is 68.5 Å². The van der Waals surface area contributed by atoms with Gasteiger partial charge in [0.15, 0.2) is 24.8 Å². The third kappa shape index (κ3) is 11.2. The number of esters is 1. The summed E-state index contributed by atoms with van der Waals surface area (Å²) >= 11 is 0. The molecular weight excluding hydrogens is 822 g/mol. The number of aromatic amines is 2. The van der Waals surface area contributed by atoms with Crippen LogP contribution < -0.4 is 16.6 Å². The van der Waals surface area contributed by atoms with Crippen LogP contribution >= 0.6 is 0 Å². The Balaban J connectivity index is 1.39. The molecule has 2 aromatic rings. The van der Waals surface area contributed by atoms with Crippen LogP contribution in [0.15, 0.2) is 46.0 Å². The lowest BCUT2D eigenvalue weighted by molar-refractivity contribution is -0.347. The molecule has 2 saturated heterocycles. The number of amides is 1. The lowest BCUT2D eigenvalue weighted by atomic mass is 9.79. The summed E-state index contributed by atoms with van der Waals surface area (Å²) < 4.78 is 36.7. The van der Waals surface area contributed by atoms with Crippen molar-refractivity contribution in [3.63, 3.8) is 0 Å². The predicted molar refractivity (Wildman–Crippen MR) is 209 cm³/mol. The third-order valence-electron chi connectivity index (χ3n) is 12.0. The van der Waals surface area contributed by atoms with Gasteiger partial charge in [0.2, 0.25) is 0 Å². The zero-order valence-corrected chi connectivity index (χ0v) is 34.1. The van der Waals surface area contributed by atoms with E-state index in [4.69, 9.17) is 28.4 Å². The monoisotopic (exact) mass is 877 g/mol. The molecule has 0 radical (unpaired) electrons. The van der Waals surface area contributed by atoms with Gasteiger partial charge in [0.1, 0.15) is 54.2 Å². The molecule has 21 nitrogen and oxygen atoms in total. The van der Waals surface area contributed by atoms with Crippen LogP contribution in [0.25, 0.3) is 0 Å². The summed E-state index contributed by atoms with van der Waals surface area (Å²) in [5.74, 6) is -4.60. The first-order valence-electron chi connectivity index (χ1n) is 20.8. The van der Waals surface area contributed by atoms with E-state index in [1.165, 1.54) is 26.0 Å². The molecule has 0 spiro atoms. The maximum atomic E-state index is 13.7. The second kappa shape index (κ2) is 20.8. The van der Waals surface area contributed by atoms with Crippen molar-refractivity contribution < 1.29 is 78.2 Å². The van der Waals surface area contributed by atoms with Crippen LogP contribution in [-0.4, -0.2) is 157 Å². The molecular formula is C41H55N3O18. The molecule has 3 heterocycles. The van der Waals surface area contributed by atoms with Gasteiger partial charge in [-0.25, -0.2) is 14.4 Å². The highest BCUT2D eigenvalue weighted by molar-refractivity contribution is 5.92. The van der Waals surface area contributed by atoms with E-state index in [1.807, 2.05) is 4.98 Å². The maximum absolute atomic E-state index is 13.7. The maximum Gasteiger partial charge on any atom is 0.338 e. The lowest BCUT2D eigenvalue weighted by Gasteiger charge is -2.48. The van der Waals surface area contributed by atoms with Gasteiger partial charge in [-0.1, -0.05) is 50.3 Å². The molecule has 15 atom stereocenters. The number of aromatic nitrogens is 2. The van der Waals surface area contributed by atoms with Gasteiger partial charge in [0.25, 0.3) is 11.5 Å². The van der Waals surface area contributed by atoms with Gasteiger partial charge >= 0.3 is 17.6 Å². The Bertz CT molecular complexity index is 1950. The first kappa shape index (κ1) is 47.1. The van der Waals surface area contributed by atoms with E-state index < -0.39 is 133 Å². The molecule has 1 amide bonds. The second-order valence-corrected chi connectivity index (χ2v) is 16.4. The molecule has 1 aromatic heterocycles. The van der Waals surface area contributed by atoms with Gasteiger partial charge in [0, 0.05) is 12.0 Å². The molecule has 62 heavy (non-hydrogen) atoms. The van der Waals surface area contributed by atoms with Crippen molar-refractivity contribution >= 4 is 23.6 Å². The van der Waals surface area contributed by atoms with Crippen LogP contribution in [-0.2, 0) is 38.0 Å². The minimum Gasteiger partial charge on any atom is -0.479 e. The quantitative estimate of drug-likeness (QED) is 0.0956. The fourth-order valence-electron chi connectivity index (χ4n) is 8.62. The summed E-state index contributed by atoms with van der Waals surface area (Å²) in [5, 5.41) is 67.1. The van der Waals surface area contributed by atoms with E-state index in [1.54, 1.807) is 18.2 Å². The van der Waals surface area contributed by atoms with Crippen LogP contribution in [0.4, 0.5) is 0 Å². The van der Waals surface area contributed by atoms with Gasteiger partial charge in [-0.3, -0.25) is 19.4 Å². The highest BCUT2D eigenvalue weighted by atomic mass is 16.7. The van der Waals surface area contributed by atoms with Gasteiger partial charge in [-0.2, -0.15) is 0 Å². The molecule has 1 aromatic carbocycles. The molecule has 342 valence electrons. The van der Waals surface area contributed by atoms with E-state index in [0.29, 0.717) is 0 Å². The number of hydrogen-bond donors (Lipinski definition) is 9. The van der Waals surface area contributed by atoms with Crippen molar-refractivity contribution in [2.75, 3.05) is 6.61 Å². The van der Waals surface area contributed by atoms with E-state index in [-0.39, 0.29) is 36.5 Å². The number of ketones is 1. The molecule has 6 rings (SSSR count). The van der Waals surface area contributed by atoms with Gasteiger partial charge < -0.3 is 69.4 Å². The molecule has 0 bridgehead atoms. The average molecular weight is 878 g/mol. The number of aliphatic hydroxyl groups excluding tert-OH is 5. The molecule has 2 saturated carbocycles. The average Bonchev–Trinajstić information content (AvgIpc) is 3.24. The van der Waals surface area contributed by atoms with E-state index >= 15 is 0 Å². The fraction of sp³-hybridized carbons (Fsp3) is 0.659. The standard InChI is InChI=1S/C41H55N3O18/c1-18(46)22-14-23(42-36(52)24-16-28(47)44-41(56)43-24)33(62-39-32(51)31(50)29(48)19(2)57-39)25(15-22)59-40-35(61-38(55)21-11-7-4-8-12-21)34(30(49)27(17-45)60-40)58-26(37(53)54)13-20-9-5-3-6-10-20/h4,7-8,11-12,16,19-20,22-23,25-27,29-35,39-40,45,48-51H,3,5-6,9-10,13-15,17H2,1-2H3,(H,42,52)(H,53,54)(H2,43,44,47,56)/t19?,22?,23?,25?,26-,27?,29?,30?,31?,32?,33?,34?,35?,39?,40?/m0/s1. The van der Waals surface area contributed by atoms with Crippen molar-refractivity contribution in [1.29, 1.82) is 0 Å². The first-order valence-corrected chi connectivity index (χ1v) is 20.8. The molecule has 4 aliphatic rings. The van der Waals surface area contributed by atoms with E-state index in [2.05, 4.69) is 10.3 Å². The summed E-state index contributed by atoms with van der Waals surface area (Å²) in [6, 6.07) is 7.22. The summed E-state index contributed by atoms with van der Waals surface area (Å²) in [6.07, 6.45) is -16.9. The summed E-state index contributed by atoms with van der Waals surface area (Å²) in [4.78, 5) is 81.6. The number of aliphatic carboxylic acids is 1. The Morgan fingerprint density at radius 3 is 2.21 bits per heavy atom. The molecule has 2 aliphatic heterocycles. The first-order chi connectivity index (χ1) is 29.5. The summed E-state index contributed by atoms with van der Waals surface area (Å²) in [5.41, 5.74) is -2.31. The molecule has 21 heteroatoms. The summed E-state index contributed by atoms with van der Waals surface area (Å²) in [7, 11) is 0. The largest absolute Gasteiger partial charge is 0.479 e. The Hall–Kier alpha value is -4.42. The number of ether oxygens (including phenoxy) is 6. The predicted octanol–water partition coefficient (Wildman–Crippen LogP) is -1.13. The number of H-pyrrole nitrogens is 2. The van der Waals surface area contributed by atoms with Crippen LogP contribution in [0.5, 0.6) is 0 Å². The van der Waals surface area contributed by atoms with Crippen LogP contribution in [0.3, 0.4) is 0 Å². The minimum atomic E-state index is -1.87. The van der Waals surface area contributed by atoms with E-state index in [9.17, 15) is 59.4 Å². The molecule has 2 aliphatic carbocycles. The Morgan fingerprint density at radius 1 is 0.855 bits per heavy atom. The zero-order valence-electron chi connectivity index (χ0n) is 34.1. The van der Waals surface area contributed by atoms with Crippen molar-refractivity contribution in [2.45, 2.75) is 151 Å². The normalized spacial score (nSPS) is 34.8. The number of benzene rings is 1.